The first-order chi connectivity index (χ1) is 14.1. The van der Waals surface area contributed by atoms with Crippen molar-refractivity contribution in [2.24, 2.45) is 0 Å². The summed E-state index contributed by atoms with van der Waals surface area (Å²) >= 11 is 3.37. The fourth-order valence-corrected chi connectivity index (χ4v) is 3.26. The molecule has 0 aliphatic carbocycles. The number of carbonyl (C=O) groups is 1. The number of hydrogen-bond acceptors (Lipinski definition) is 4. The van der Waals surface area contributed by atoms with Gasteiger partial charge in [-0.15, -0.1) is 0 Å². The lowest BCUT2D eigenvalue weighted by Gasteiger charge is -2.12. The number of aromatic nitrogens is 3. The summed E-state index contributed by atoms with van der Waals surface area (Å²) in [6.07, 6.45) is 0. The quantitative estimate of drug-likeness (QED) is 0.452. The van der Waals surface area contributed by atoms with E-state index in [1.54, 1.807) is 12.1 Å². The third-order valence-electron chi connectivity index (χ3n) is 4.46. The fourth-order valence-electron chi connectivity index (χ4n) is 2.99. The molecule has 0 amide bonds. The zero-order valence-electron chi connectivity index (χ0n) is 15.4. The molecule has 0 aliphatic heterocycles. The highest BCUT2D eigenvalue weighted by Crippen LogP contribution is 2.27. The van der Waals surface area contributed by atoms with Crippen molar-refractivity contribution in [3.63, 3.8) is 0 Å². The molecule has 0 saturated carbocycles. The average Bonchev–Trinajstić information content (AvgIpc) is 2.76. The second kappa shape index (κ2) is 8.32. The molecule has 0 spiro atoms. The summed E-state index contributed by atoms with van der Waals surface area (Å²) in [7, 11) is 0. The van der Waals surface area contributed by atoms with Gasteiger partial charge in [0.2, 0.25) is 5.62 Å². The van der Waals surface area contributed by atoms with Crippen molar-refractivity contribution in [3.8, 4) is 22.5 Å². The molecule has 0 saturated heterocycles. The van der Waals surface area contributed by atoms with Crippen LogP contribution in [-0.4, -0.2) is 20.5 Å². The van der Waals surface area contributed by atoms with Crippen molar-refractivity contribution >= 4 is 21.7 Å². The molecule has 1 aromatic heterocycles. The van der Waals surface area contributed by atoms with Gasteiger partial charge in [0.1, 0.15) is 17.9 Å². The largest absolute Gasteiger partial charge is 0.292 e. The van der Waals surface area contributed by atoms with Crippen LogP contribution in [-0.2, 0) is 6.54 Å². The predicted molar refractivity (Wildman–Crippen MR) is 115 cm³/mol. The van der Waals surface area contributed by atoms with Crippen LogP contribution < -0.4 is 5.62 Å². The lowest BCUT2D eigenvalue weighted by Crippen LogP contribution is -2.30. The maximum atomic E-state index is 12.7. The number of benzene rings is 3. The zero-order valence-corrected chi connectivity index (χ0v) is 17.0. The standard InChI is InChI=1S/C23H17BrN4O/c24-19-13-11-16(12-14-19)20(29)15-28-23(25)26-21(17-7-3-1-4-8-17)22(27-28)18-9-5-2-6-10-18/h1-14,25H,15H2. The first-order valence-corrected chi connectivity index (χ1v) is 9.84. The van der Waals surface area contributed by atoms with E-state index in [1.807, 2.05) is 72.8 Å². The fraction of sp³-hybridized carbons (Fsp3) is 0.0435. The van der Waals surface area contributed by atoms with E-state index in [0.717, 1.165) is 15.6 Å². The molecule has 4 rings (SSSR count). The Morgan fingerprint density at radius 2 is 1.38 bits per heavy atom. The molecule has 1 N–H and O–H groups in total. The average molecular weight is 445 g/mol. The third kappa shape index (κ3) is 4.22. The molecule has 29 heavy (non-hydrogen) atoms. The minimum Gasteiger partial charge on any atom is -0.292 e. The van der Waals surface area contributed by atoms with E-state index in [0.29, 0.717) is 17.0 Å². The van der Waals surface area contributed by atoms with Crippen LogP contribution in [0.15, 0.2) is 89.4 Å². The van der Waals surface area contributed by atoms with Gasteiger partial charge in [-0.1, -0.05) is 88.7 Å². The lowest BCUT2D eigenvalue weighted by atomic mass is 10.0. The van der Waals surface area contributed by atoms with E-state index in [-0.39, 0.29) is 17.9 Å². The van der Waals surface area contributed by atoms with Crippen molar-refractivity contribution in [2.45, 2.75) is 6.54 Å². The Bertz CT molecular complexity index is 1200. The molecule has 0 atom stereocenters. The molecule has 142 valence electrons. The minimum absolute atomic E-state index is 0.0532. The van der Waals surface area contributed by atoms with Crippen molar-refractivity contribution in [3.05, 3.63) is 101 Å². The zero-order chi connectivity index (χ0) is 20.2. The Labute approximate surface area is 176 Å². The summed E-state index contributed by atoms with van der Waals surface area (Å²) in [5, 5.41) is 13.0. The van der Waals surface area contributed by atoms with E-state index < -0.39 is 0 Å². The Balaban J connectivity index is 1.79. The molecule has 0 unspecified atom stereocenters. The summed E-state index contributed by atoms with van der Waals surface area (Å²) in [5.41, 5.74) is 3.51. The lowest BCUT2D eigenvalue weighted by molar-refractivity contribution is 0.0964. The molecule has 0 aliphatic rings. The Morgan fingerprint density at radius 3 is 1.97 bits per heavy atom. The van der Waals surface area contributed by atoms with Crippen LogP contribution in [0.4, 0.5) is 0 Å². The summed E-state index contributed by atoms with van der Waals surface area (Å²) in [4.78, 5) is 17.2. The second-order valence-corrected chi connectivity index (χ2v) is 7.37. The van der Waals surface area contributed by atoms with Gasteiger partial charge in [-0.05, 0) is 12.1 Å². The van der Waals surface area contributed by atoms with Gasteiger partial charge in [0.05, 0.1) is 0 Å². The predicted octanol–water partition coefficient (Wildman–Crippen LogP) is 4.74. The maximum Gasteiger partial charge on any atom is 0.239 e. The third-order valence-corrected chi connectivity index (χ3v) is 4.99. The smallest absolute Gasteiger partial charge is 0.239 e. The molecule has 0 bridgehead atoms. The highest BCUT2D eigenvalue weighted by molar-refractivity contribution is 9.10. The molecular weight excluding hydrogens is 428 g/mol. The number of nitrogens with zero attached hydrogens (tertiary/aromatic N) is 3. The van der Waals surface area contributed by atoms with Gasteiger partial charge in [0, 0.05) is 21.2 Å². The van der Waals surface area contributed by atoms with Crippen molar-refractivity contribution in [1.29, 1.82) is 5.41 Å². The van der Waals surface area contributed by atoms with Crippen LogP contribution in [0.2, 0.25) is 0 Å². The molecule has 4 aromatic rings. The molecule has 5 nitrogen and oxygen atoms in total. The maximum absolute atomic E-state index is 12.7. The van der Waals surface area contributed by atoms with Crippen molar-refractivity contribution in [1.82, 2.24) is 14.8 Å². The van der Waals surface area contributed by atoms with Gasteiger partial charge in [0.25, 0.3) is 0 Å². The highest BCUT2D eigenvalue weighted by Gasteiger charge is 2.15. The molecule has 0 radical (unpaired) electrons. The summed E-state index contributed by atoms with van der Waals surface area (Å²) < 4.78 is 2.25. The number of carbonyl (C=O) groups excluding carboxylic acids is 1. The van der Waals surface area contributed by atoms with Crippen LogP contribution in [0.25, 0.3) is 22.5 Å². The van der Waals surface area contributed by atoms with Gasteiger partial charge < -0.3 is 0 Å². The molecule has 6 heteroatoms. The van der Waals surface area contributed by atoms with E-state index in [1.165, 1.54) is 4.68 Å². The van der Waals surface area contributed by atoms with E-state index in [4.69, 9.17) is 5.41 Å². The second-order valence-electron chi connectivity index (χ2n) is 6.45. The first kappa shape index (κ1) is 19.0. The number of Topliss-reactive ketones (excluding diaryl/α,β-unsaturated/α-hetero) is 1. The van der Waals surface area contributed by atoms with E-state index >= 15 is 0 Å². The minimum atomic E-state index is -0.128. The topological polar surface area (TPSA) is 71.6 Å². The van der Waals surface area contributed by atoms with Crippen molar-refractivity contribution < 1.29 is 4.79 Å². The Morgan fingerprint density at radius 1 is 0.828 bits per heavy atom. The van der Waals surface area contributed by atoms with Gasteiger partial charge in [-0.2, -0.15) is 5.10 Å². The SMILES string of the molecule is N=c1nc(-c2ccccc2)c(-c2ccccc2)nn1CC(=O)c1ccc(Br)cc1. The summed E-state index contributed by atoms with van der Waals surface area (Å²) in [5.74, 6) is -0.128. The van der Waals surface area contributed by atoms with E-state index in [9.17, 15) is 4.79 Å². The molecule has 3 aromatic carbocycles. The van der Waals surface area contributed by atoms with Crippen LogP contribution in [0.5, 0.6) is 0 Å². The van der Waals surface area contributed by atoms with Crippen LogP contribution in [0.3, 0.4) is 0 Å². The van der Waals surface area contributed by atoms with Gasteiger partial charge >= 0.3 is 0 Å². The first-order valence-electron chi connectivity index (χ1n) is 9.05. The van der Waals surface area contributed by atoms with Crippen molar-refractivity contribution in [2.75, 3.05) is 0 Å². The summed E-state index contributed by atoms with van der Waals surface area (Å²) in [6, 6.07) is 26.5. The highest BCUT2D eigenvalue weighted by atomic mass is 79.9. The molecule has 0 fully saturated rings. The number of rotatable bonds is 5. The van der Waals surface area contributed by atoms with Crippen LogP contribution in [0.1, 0.15) is 10.4 Å². The molecule has 1 heterocycles. The van der Waals surface area contributed by atoms with E-state index in [2.05, 4.69) is 26.0 Å². The number of halogens is 1. The monoisotopic (exact) mass is 444 g/mol. The normalized spacial score (nSPS) is 10.7. The van der Waals surface area contributed by atoms with Gasteiger partial charge in [0.15, 0.2) is 5.78 Å². The van der Waals surface area contributed by atoms with Gasteiger partial charge in [-0.3, -0.25) is 10.2 Å². The van der Waals surface area contributed by atoms with Crippen LogP contribution in [0, 0.1) is 5.41 Å². The Hall–Kier alpha value is -3.38. The molecular formula is C23H17BrN4O. The van der Waals surface area contributed by atoms with Gasteiger partial charge in [-0.25, -0.2) is 9.67 Å². The number of ketones is 1. The summed E-state index contributed by atoms with van der Waals surface area (Å²) in [6.45, 7) is -0.0532. The number of hydrogen-bond donors (Lipinski definition) is 1. The Kier molecular flexibility index (Phi) is 5.44. The van der Waals surface area contributed by atoms with Crippen LogP contribution >= 0.6 is 15.9 Å². The number of nitrogens with one attached hydrogen (secondary N) is 1.